The lowest BCUT2D eigenvalue weighted by Gasteiger charge is -2.24. The Balaban J connectivity index is 1.40. The third-order valence-corrected chi connectivity index (χ3v) is 7.39. The lowest BCUT2D eigenvalue weighted by molar-refractivity contribution is -0.139. The molecule has 4 aromatic rings. The van der Waals surface area contributed by atoms with Crippen LogP contribution in [0.2, 0.25) is 5.02 Å². The number of nitrogens with one attached hydrogen (secondary N) is 1. The summed E-state index contributed by atoms with van der Waals surface area (Å²) in [7, 11) is 0. The number of likely N-dealkylation sites (tertiary alicyclic amines) is 1. The standard InChI is InChI=1S/C28H22ClF2N3O6/c1-13(35)18-11-33(20-7-14(5-6-17(18)20)23-25(37)27(39)26(23)38)12-22(36)34-10-16(30)8-21(34)28(40)32-9-15-3-2-4-19(29)24(15)31/h2-7,11,16,21,37H,8-10,12H2,1H3,(H,32,40)/t16-,21+/m1/s1. The third kappa shape index (κ3) is 4.66. The van der Waals surface area contributed by atoms with Crippen LogP contribution in [0, 0.1) is 5.82 Å². The summed E-state index contributed by atoms with van der Waals surface area (Å²) in [6.07, 6.45) is -0.258. The van der Waals surface area contributed by atoms with E-state index in [1.54, 1.807) is 0 Å². The smallest absolute Gasteiger partial charge is 0.268 e. The molecular formula is C28H22ClF2N3O6. The van der Waals surface area contributed by atoms with Gasteiger partial charge in [0.05, 0.1) is 17.1 Å². The first kappa shape index (κ1) is 27.2. The van der Waals surface area contributed by atoms with Crippen LogP contribution in [0.5, 0.6) is 5.75 Å². The quantitative estimate of drug-likeness (QED) is 0.260. The van der Waals surface area contributed by atoms with E-state index in [9.17, 15) is 37.9 Å². The highest BCUT2D eigenvalue weighted by molar-refractivity contribution is 6.30. The summed E-state index contributed by atoms with van der Waals surface area (Å²) in [5, 5.41) is 12.7. The highest BCUT2D eigenvalue weighted by Crippen LogP contribution is 2.31. The molecule has 2 heterocycles. The molecule has 3 aromatic carbocycles. The molecule has 0 spiro atoms. The molecule has 40 heavy (non-hydrogen) atoms. The van der Waals surface area contributed by atoms with E-state index in [0.29, 0.717) is 10.9 Å². The second-order valence-electron chi connectivity index (χ2n) is 9.67. The molecule has 2 N–H and O–H groups in total. The van der Waals surface area contributed by atoms with Gasteiger partial charge in [-0.25, -0.2) is 8.78 Å². The van der Waals surface area contributed by atoms with Crippen molar-refractivity contribution in [1.82, 2.24) is 14.8 Å². The number of benzene rings is 2. The number of halogens is 3. The number of nitrogens with zero attached hydrogens (tertiary/aromatic N) is 2. The number of fused-ring (bicyclic) bond motifs is 1. The minimum Gasteiger partial charge on any atom is -0.503 e. The number of aromatic hydroxyl groups is 1. The van der Waals surface area contributed by atoms with Crippen molar-refractivity contribution in [3.63, 3.8) is 0 Å². The van der Waals surface area contributed by atoms with E-state index in [1.165, 1.54) is 54.1 Å². The number of amides is 2. The number of alkyl halides is 1. The average molecular weight is 570 g/mol. The maximum atomic E-state index is 14.4. The summed E-state index contributed by atoms with van der Waals surface area (Å²) in [5.41, 5.74) is -1.01. The second-order valence-corrected chi connectivity index (χ2v) is 10.1. The van der Waals surface area contributed by atoms with E-state index in [0.717, 1.165) is 4.90 Å². The molecule has 206 valence electrons. The lowest BCUT2D eigenvalue weighted by atomic mass is 9.98. The van der Waals surface area contributed by atoms with Gasteiger partial charge in [0.25, 0.3) is 5.43 Å². The molecule has 12 heteroatoms. The van der Waals surface area contributed by atoms with Crippen molar-refractivity contribution in [2.75, 3.05) is 6.54 Å². The van der Waals surface area contributed by atoms with Gasteiger partial charge in [0.15, 0.2) is 11.5 Å². The Bertz CT molecular complexity index is 1770. The van der Waals surface area contributed by atoms with Crippen LogP contribution in [0.4, 0.5) is 8.78 Å². The second kappa shape index (κ2) is 10.3. The molecule has 9 nitrogen and oxygen atoms in total. The van der Waals surface area contributed by atoms with Gasteiger partial charge in [0.2, 0.25) is 17.2 Å². The molecule has 0 bridgehead atoms. The molecule has 5 rings (SSSR count). The zero-order valence-corrected chi connectivity index (χ0v) is 21.8. The summed E-state index contributed by atoms with van der Waals surface area (Å²) in [6, 6.07) is 7.67. The molecule has 2 amide bonds. The van der Waals surface area contributed by atoms with Gasteiger partial charge < -0.3 is 19.9 Å². The molecular weight excluding hydrogens is 548 g/mol. The molecule has 2 atom stereocenters. The summed E-state index contributed by atoms with van der Waals surface area (Å²) in [4.78, 5) is 63.1. The Morgan fingerprint density at radius 2 is 1.90 bits per heavy atom. The predicted octanol–water partition coefficient (Wildman–Crippen LogP) is 2.86. The van der Waals surface area contributed by atoms with E-state index in [4.69, 9.17) is 11.6 Å². The normalized spacial score (nSPS) is 17.1. The SMILES string of the molecule is CC(=O)c1cn(CC(=O)N2C[C@H](F)C[C@H]2C(=O)NCc2cccc(Cl)c2F)c2cc(-c3c(O)c(=O)c3=O)ccc12. The van der Waals surface area contributed by atoms with Gasteiger partial charge in [-0.15, -0.1) is 0 Å². The molecule has 1 aliphatic rings. The first-order valence-corrected chi connectivity index (χ1v) is 12.7. The van der Waals surface area contributed by atoms with Gasteiger partial charge in [0.1, 0.15) is 24.6 Å². The number of hydrogen-bond donors (Lipinski definition) is 2. The van der Waals surface area contributed by atoms with Crippen molar-refractivity contribution in [1.29, 1.82) is 0 Å². The Hall–Kier alpha value is -4.38. The van der Waals surface area contributed by atoms with Gasteiger partial charge in [-0.3, -0.25) is 24.0 Å². The number of aromatic nitrogens is 1. The monoisotopic (exact) mass is 569 g/mol. The number of hydrogen-bond acceptors (Lipinski definition) is 6. The van der Waals surface area contributed by atoms with Crippen LogP contribution >= 0.6 is 11.6 Å². The van der Waals surface area contributed by atoms with Crippen LogP contribution in [0.15, 0.2) is 52.2 Å². The average Bonchev–Trinajstić information content (AvgIpc) is 3.50. The van der Waals surface area contributed by atoms with Gasteiger partial charge in [-0.05, 0) is 24.6 Å². The third-order valence-electron chi connectivity index (χ3n) is 7.10. The highest BCUT2D eigenvalue weighted by atomic mass is 35.5. The van der Waals surface area contributed by atoms with Crippen molar-refractivity contribution in [2.45, 2.75) is 38.6 Å². The molecule has 0 saturated carbocycles. The summed E-state index contributed by atoms with van der Waals surface area (Å²) in [6.45, 7) is 0.431. The molecule has 0 radical (unpaired) electrons. The van der Waals surface area contributed by atoms with Crippen LogP contribution in [-0.4, -0.2) is 50.9 Å². The zero-order valence-electron chi connectivity index (χ0n) is 21.0. The zero-order chi connectivity index (χ0) is 28.9. The van der Waals surface area contributed by atoms with Crippen LogP contribution < -0.4 is 16.2 Å². The number of carbonyl (C=O) groups is 3. The van der Waals surface area contributed by atoms with E-state index >= 15 is 0 Å². The first-order chi connectivity index (χ1) is 19.0. The number of Topliss-reactive ketones (excluding diaryl/α,β-unsaturated/α-hetero) is 1. The Morgan fingerprint density at radius 3 is 2.60 bits per heavy atom. The molecule has 1 aliphatic heterocycles. The van der Waals surface area contributed by atoms with Crippen molar-refractivity contribution >= 4 is 40.1 Å². The van der Waals surface area contributed by atoms with Crippen molar-refractivity contribution in [3.05, 3.63) is 85.0 Å². The Kier molecular flexibility index (Phi) is 7.01. The minimum atomic E-state index is -1.46. The molecule has 1 fully saturated rings. The van der Waals surface area contributed by atoms with Crippen molar-refractivity contribution in [3.8, 4) is 16.9 Å². The fourth-order valence-electron chi connectivity index (χ4n) is 5.04. The molecule has 1 aromatic heterocycles. The number of carbonyl (C=O) groups excluding carboxylic acids is 3. The molecule has 1 saturated heterocycles. The fraction of sp³-hybridized carbons (Fsp3) is 0.250. The van der Waals surface area contributed by atoms with Crippen LogP contribution in [0.3, 0.4) is 0 Å². The van der Waals surface area contributed by atoms with Crippen LogP contribution in [0.1, 0.15) is 29.3 Å². The fourth-order valence-corrected chi connectivity index (χ4v) is 5.23. The van der Waals surface area contributed by atoms with Crippen LogP contribution in [-0.2, 0) is 22.7 Å². The van der Waals surface area contributed by atoms with E-state index in [2.05, 4.69) is 5.32 Å². The van der Waals surface area contributed by atoms with Gasteiger partial charge in [-0.2, -0.15) is 0 Å². The topological polar surface area (TPSA) is 126 Å². The number of rotatable bonds is 7. The first-order valence-electron chi connectivity index (χ1n) is 12.3. The predicted molar refractivity (Wildman–Crippen MR) is 142 cm³/mol. The van der Waals surface area contributed by atoms with Gasteiger partial charge >= 0.3 is 0 Å². The largest absolute Gasteiger partial charge is 0.503 e. The summed E-state index contributed by atoms with van der Waals surface area (Å²) < 4.78 is 30.1. The Labute approximate surface area is 230 Å². The van der Waals surface area contributed by atoms with Crippen molar-refractivity contribution in [2.24, 2.45) is 0 Å². The van der Waals surface area contributed by atoms with Crippen LogP contribution in [0.25, 0.3) is 22.0 Å². The summed E-state index contributed by atoms with van der Waals surface area (Å²) >= 11 is 5.78. The van der Waals surface area contributed by atoms with E-state index in [1.807, 2.05) is 0 Å². The van der Waals surface area contributed by atoms with Gasteiger partial charge in [0, 0.05) is 41.2 Å². The maximum absolute atomic E-state index is 14.4. The number of ketones is 1. The maximum Gasteiger partial charge on any atom is 0.268 e. The lowest BCUT2D eigenvalue weighted by Crippen LogP contribution is -2.46. The Morgan fingerprint density at radius 1 is 1.15 bits per heavy atom. The minimum absolute atomic E-state index is 0.111. The molecule has 0 unspecified atom stereocenters. The van der Waals surface area contributed by atoms with Crippen molar-refractivity contribution < 1.29 is 28.3 Å². The molecule has 0 aliphatic carbocycles. The summed E-state index contributed by atoms with van der Waals surface area (Å²) in [5.74, 6) is -2.92. The van der Waals surface area contributed by atoms with Gasteiger partial charge in [-0.1, -0.05) is 35.9 Å². The van der Waals surface area contributed by atoms with E-state index < -0.39 is 46.5 Å². The van der Waals surface area contributed by atoms with E-state index in [-0.39, 0.29) is 59.1 Å². The highest BCUT2D eigenvalue weighted by Gasteiger charge is 2.40.